The fourth-order valence-corrected chi connectivity index (χ4v) is 0. The quantitative estimate of drug-likeness (QED) is 0.465. The number of rotatable bonds is 0. The minimum Gasteiger partial charge on any atom is -0.400 e. The second kappa shape index (κ2) is 67.3. The molecule has 0 aliphatic heterocycles. The van der Waals surface area contributed by atoms with Gasteiger partial charge in [0.2, 0.25) is 0 Å². The van der Waals surface area contributed by atoms with Gasteiger partial charge in [-0.3, -0.25) is 0 Å². The standard InChI is InChI=1S/C2H7N.C2H6O.CH4O/c2*1-3-2;1-2/h3H,1-2H3;1-2H3;2H,1H3. The van der Waals surface area contributed by atoms with Crippen LogP contribution in [0.3, 0.4) is 0 Å². The van der Waals surface area contributed by atoms with E-state index in [-0.39, 0.29) is 0 Å². The maximum Gasteiger partial charge on any atom is 0.0351 e. The fourth-order valence-electron chi connectivity index (χ4n) is 0. The summed E-state index contributed by atoms with van der Waals surface area (Å²) in [6, 6.07) is 0. The fraction of sp³-hybridized carbons (Fsp3) is 1.00. The molecule has 0 radical (unpaired) electrons. The van der Waals surface area contributed by atoms with Crippen molar-refractivity contribution < 1.29 is 9.84 Å². The van der Waals surface area contributed by atoms with E-state index in [4.69, 9.17) is 5.11 Å². The van der Waals surface area contributed by atoms with Crippen LogP contribution in [-0.4, -0.2) is 40.5 Å². The predicted molar refractivity (Wildman–Crippen MR) is 36.1 cm³/mol. The molecule has 54 valence electrons. The lowest BCUT2D eigenvalue weighted by Gasteiger charge is -1.61. The lowest BCUT2D eigenvalue weighted by molar-refractivity contribution is 0.277. The number of ether oxygens (including phenoxy) is 1. The molecule has 0 unspecified atom stereocenters. The molecule has 0 atom stereocenters. The van der Waals surface area contributed by atoms with E-state index in [1.807, 2.05) is 14.1 Å². The Bertz CT molecular complexity index is 12.4. The van der Waals surface area contributed by atoms with Gasteiger partial charge in [0.1, 0.15) is 0 Å². The molecule has 0 heterocycles. The number of methoxy groups -OCH3 is 1. The van der Waals surface area contributed by atoms with Gasteiger partial charge in [-0.2, -0.15) is 0 Å². The van der Waals surface area contributed by atoms with Crippen LogP contribution >= 0.6 is 0 Å². The predicted octanol–water partition coefficient (Wildman–Crippen LogP) is -0.293. The van der Waals surface area contributed by atoms with E-state index in [0.29, 0.717) is 0 Å². The Morgan fingerprint density at radius 2 is 1.12 bits per heavy atom. The summed E-state index contributed by atoms with van der Waals surface area (Å²) < 4.78 is 4.25. The van der Waals surface area contributed by atoms with E-state index in [1.165, 1.54) is 0 Å². The Morgan fingerprint density at radius 3 is 1.12 bits per heavy atom. The van der Waals surface area contributed by atoms with Crippen molar-refractivity contribution in [3.8, 4) is 0 Å². The number of hydrogen-bond acceptors (Lipinski definition) is 3. The van der Waals surface area contributed by atoms with E-state index >= 15 is 0 Å². The van der Waals surface area contributed by atoms with Crippen LogP contribution in [0.25, 0.3) is 0 Å². The van der Waals surface area contributed by atoms with Gasteiger partial charge in [0.05, 0.1) is 0 Å². The molecule has 0 aromatic rings. The normalized spacial score (nSPS) is 5.25. The van der Waals surface area contributed by atoms with Gasteiger partial charge in [-0.25, -0.2) is 0 Å². The smallest absolute Gasteiger partial charge is 0.0351 e. The van der Waals surface area contributed by atoms with Crippen molar-refractivity contribution in [1.82, 2.24) is 5.32 Å². The summed E-state index contributed by atoms with van der Waals surface area (Å²) >= 11 is 0. The molecule has 0 aromatic heterocycles. The van der Waals surface area contributed by atoms with E-state index in [2.05, 4.69) is 10.1 Å². The lowest BCUT2D eigenvalue weighted by atomic mass is 11.3. The Labute approximate surface area is 51.7 Å². The molecule has 0 amide bonds. The molecule has 0 bridgehead atoms. The maximum atomic E-state index is 7.00. The van der Waals surface area contributed by atoms with Gasteiger partial charge in [-0.15, -0.1) is 0 Å². The zero-order valence-electron chi connectivity index (χ0n) is 6.36. The second-order valence-corrected chi connectivity index (χ2v) is 0.908. The Balaban J connectivity index is -0.0000000483. The average molecular weight is 123 g/mol. The first-order chi connectivity index (χ1) is 3.83. The van der Waals surface area contributed by atoms with Crippen LogP contribution in [-0.2, 0) is 4.74 Å². The van der Waals surface area contributed by atoms with Gasteiger partial charge in [0.25, 0.3) is 0 Å². The van der Waals surface area contributed by atoms with Crippen LogP contribution in [0.15, 0.2) is 0 Å². The van der Waals surface area contributed by atoms with Crippen LogP contribution in [0.1, 0.15) is 0 Å². The SMILES string of the molecule is CNC.CO.COC. The monoisotopic (exact) mass is 123 g/mol. The van der Waals surface area contributed by atoms with Crippen LogP contribution in [0.5, 0.6) is 0 Å². The molecule has 0 fully saturated rings. The van der Waals surface area contributed by atoms with Crippen LogP contribution in [0, 0.1) is 0 Å². The number of aliphatic hydroxyl groups is 1. The molecule has 0 saturated carbocycles. The summed E-state index contributed by atoms with van der Waals surface area (Å²) in [6.45, 7) is 0. The zero-order chi connectivity index (χ0) is 7.41. The van der Waals surface area contributed by atoms with Crippen molar-refractivity contribution in [3.05, 3.63) is 0 Å². The average Bonchev–Trinajstić information content (AvgIpc) is 1.75. The van der Waals surface area contributed by atoms with E-state index in [1.54, 1.807) is 14.2 Å². The van der Waals surface area contributed by atoms with Crippen LogP contribution in [0.4, 0.5) is 0 Å². The highest BCUT2D eigenvalue weighted by Crippen LogP contribution is 1.28. The summed E-state index contributed by atoms with van der Waals surface area (Å²) in [5, 5.41) is 9.75. The molecule has 3 heteroatoms. The highest BCUT2D eigenvalue weighted by molar-refractivity contribution is 3.91. The maximum absolute atomic E-state index is 7.00. The summed E-state index contributed by atoms with van der Waals surface area (Å²) in [4.78, 5) is 0. The van der Waals surface area contributed by atoms with Crippen molar-refractivity contribution in [3.63, 3.8) is 0 Å². The number of hydrogen-bond donors (Lipinski definition) is 2. The zero-order valence-corrected chi connectivity index (χ0v) is 6.36. The van der Waals surface area contributed by atoms with Crippen molar-refractivity contribution in [2.75, 3.05) is 35.4 Å². The molecule has 0 aromatic carbocycles. The highest BCUT2D eigenvalue weighted by Gasteiger charge is 1.26. The minimum absolute atomic E-state index is 1.00. The molecule has 0 spiro atoms. The van der Waals surface area contributed by atoms with Gasteiger partial charge in [-0.1, -0.05) is 0 Å². The van der Waals surface area contributed by atoms with E-state index in [9.17, 15) is 0 Å². The first-order valence-corrected chi connectivity index (χ1v) is 2.26. The number of nitrogens with one attached hydrogen (secondary N) is 1. The summed E-state index contributed by atoms with van der Waals surface area (Å²) in [5.74, 6) is 0. The van der Waals surface area contributed by atoms with Crippen molar-refractivity contribution in [2.45, 2.75) is 0 Å². The lowest BCUT2D eigenvalue weighted by Crippen LogP contribution is -1.89. The molecule has 0 aliphatic rings. The van der Waals surface area contributed by atoms with Gasteiger partial charge in [0, 0.05) is 21.3 Å². The van der Waals surface area contributed by atoms with E-state index in [0.717, 1.165) is 7.11 Å². The van der Waals surface area contributed by atoms with Crippen molar-refractivity contribution >= 4 is 0 Å². The van der Waals surface area contributed by atoms with Crippen LogP contribution in [0.2, 0.25) is 0 Å². The molecular formula is C5H17NO2. The Kier molecular flexibility index (Phi) is 132. The molecule has 0 rings (SSSR count). The summed E-state index contributed by atoms with van der Waals surface area (Å²) in [5.41, 5.74) is 0. The number of aliphatic hydroxyl groups excluding tert-OH is 1. The molecule has 0 saturated heterocycles. The summed E-state index contributed by atoms with van der Waals surface area (Å²) in [6.07, 6.45) is 0. The largest absolute Gasteiger partial charge is 0.400 e. The third kappa shape index (κ3) is 9720. The molecule has 3 nitrogen and oxygen atoms in total. The molecule has 2 N–H and O–H groups in total. The van der Waals surface area contributed by atoms with Crippen molar-refractivity contribution in [1.29, 1.82) is 0 Å². The van der Waals surface area contributed by atoms with Gasteiger partial charge < -0.3 is 15.2 Å². The molecule has 8 heavy (non-hydrogen) atoms. The summed E-state index contributed by atoms with van der Waals surface area (Å²) in [7, 11) is 8.00. The van der Waals surface area contributed by atoms with Crippen LogP contribution < -0.4 is 5.32 Å². The molecular weight excluding hydrogens is 106 g/mol. The second-order valence-electron chi connectivity index (χ2n) is 0.908. The van der Waals surface area contributed by atoms with Gasteiger partial charge in [0.15, 0.2) is 0 Å². The topological polar surface area (TPSA) is 41.5 Å². The van der Waals surface area contributed by atoms with E-state index < -0.39 is 0 Å². The Hall–Kier alpha value is -0.120. The Morgan fingerprint density at radius 1 is 1.12 bits per heavy atom. The van der Waals surface area contributed by atoms with Gasteiger partial charge in [-0.05, 0) is 14.1 Å². The highest BCUT2D eigenvalue weighted by atomic mass is 16.4. The first-order valence-electron chi connectivity index (χ1n) is 2.26. The third-order valence-electron chi connectivity index (χ3n) is 0. The minimum atomic E-state index is 1.00. The van der Waals surface area contributed by atoms with Gasteiger partial charge >= 0.3 is 0 Å². The first kappa shape index (κ1) is 15.7. The van der Waals surface area contributed by atoms with Crippen molar-refractivity contribution in [2.24, 2.45) is 0 Å². The third-order valence-corrected chi connectivity index (χ3v) is 0. The molecule has 0 aliphatic carbocycles.